The van der Waals surface area contributed by atoms with Gasteiger partial charge in [-0.1, -0.05) is 60.7 Å². The van der Waals surface area contributed by atoms with Crippen molar-refractivity contribution in [1.29, 1.82) is 0 Å². The minimum absolute atomic E-state index is 0.286. The van der Waals surface area contributed by atoms with Gasteiger partial charge >= 0.3 is 0 Å². The van der Waals surface area contributed by atoms with E-state index in [4.69, 9.17) is 5.73 Å². The Hall–Kier alpha value is -4.95. The highest BCUT2D eigenvalue weighted by atomic mass is 32.1. The predicted octanol–water partition coefficient (Wildman–Crippen LogP) is 6.10. The van der Waals surface area contributed by atoms with Crippen LogP contribution in [0, 0.1) is 0 Å². The lowest BCUT2D eigenvalue weighted by Crippen LogP contribution is -2.32. The Balaban J connectivity index is 1.45. The maximum Gasteiger partial charge on any atom is 0.265 e. The van der Waals surface area contributed by atoms with E-state index in [1.165, 1.54) is 11.3 Å². The van der Waals surface area contributed by atoms with E-state index in [1.54, 1.807) is 66.7 Å². The van der Waals surface area contributed by atoms with Gasteiger partial charge in [-0.3, -0.25) is 14.4 Å². The number of benzene rings is 4. The van der Waals surface area contributed by atoms with E-state index in [1.807, 2.05) is 42.5 Å². The topological polar surface area (TPSA) is 113 Å². The first kappa shape index (κ1) is 24.7. The van der Waals surface area contributed by atoms with E-state index in [-0.39, 0.29) is 5.91 Å². The molecule has 0 aliphatic carbocycles. The Bertz CT molecular complexity index is 1560. The van der Waals surface area contributed by atoms with Crippen molar-refractivity contribution in [2.75, 3.05) is 21.7 Å². The van der Waals surface area contributed by atoms with Gasteiger partial charge in [-0.15, -0.1) is 11.3 Å². The summed E-state index contributed by atoms with van der Waals surface area (Å²) in [6.07, 6.45) is 0. The summed E-state index contributed by atoms with van der Waals surface area (Å²) >= 11 is 1.28. The van der Waals surface area contributed by atoms with Crippen molar-refractivity contribution in [3.63, 3.8) is 0 Å². The Morgan fingerprint density at radius 2 is 1.24 bits per heavy atom. The average Bonchev–Trinajstić information content (AvgIpc) is 3.35. The fourth-order valence-corrected chi connectivity index (χ4v) is 5.03. The van der Waals surface area contributed by atoms with Crippen LogP contribution in [0.1, 0.15) is 21.2 Å². The first-order valence-electron chi connectivity index (χ1n) is 11.9. The molecular formula is C30H24N4O3S. The molecule has 0 saturated carbocycles. The van der Waals surface area contributed by atoms with Crippen LogP contribution >= 0.6 is 11.3 Å². The number of nitrogens with two attached hydrogens (primary N) is 1. The molecule has 0 spiro atoms. The number of para-hydroxylation sites is 4. The quantitative estimate of drug-likeness (QED) is 0.153. The molecule has 38 heavy (non-hydrogen) atoms. The maximum absolute atomic E-state index is 13.4. The number of amides is 3. The Morgan fingerprint density at radius 3 is 1.84 bits per heavy atom. The van der Waals surface area contributed by atoms with E-state index in [0.717, 1.165) is 10.1 Å². The third-order valence-corrected chi connectivity index (χ3v) is 7.01. The zero-order valence-electron chi connectivity index (χ0n) is 20.2. The van der Waals surface area contributed by atoms with Gasteiger partial charge in [0.05, 0.1) is 16.3 Å². The van der Waals surface area contributed by atoms with E-state index in [2.05, 4.69) is 16.0 Å². The fourth-order valence-electron chi connectivity index (χ4n) is 4.03. The SMILES string of the molecule is Nc1ccccc1NC(=O)c1cc2ccc(C(C(=O)Nc3ccccc3)C(=O)Nc3ccccc3)cc2s1. The second-order valence-electron chi connectivity index (χ2n) is 8.59. The number of anilines is 4. The standard InChI is InChI=1S/C30H24N4O3S/c31-23-13-7-8-14-24(23)34-28(35)26-17-19-15-16-20(18-25(19)38-26)27(29(36)32-21-9-3-1-4-10-21)30(37)33-22-11-5-2-6-12-22/h1-18,27H,31H2,(H,32,36)(H,33,37)(H,34,35). The van der Waals surface area contributed by atoms with Crippen LogP contribution in [0.15, 0.2) is 109 Å². The van der Waals surface area contributed by atoms with Crippen molar-refractivity contribution < 1.29 is 14.4 Å². The lowest BCUT2D eigenvalue weighted by Gasteiger charge is -2.17. The molecule has 188 valence electrons. The molecule has 0 unspecified atom stereocenters. The fraction of sp³-hybridized carbons (Fsp3) is 0.0333. The number of carbonyl (C=O) groups is 3. The van der Waals surface area contributed by atoms with Crippen LogP contribution in [0.25, 0.3) is 10.1 Å². The number of nitrogens with one attached hydrogen (secondary N) is 3. The number of rotatable bonds is 7. The van der Waals surface area contributed by atoms with Gasteiger partial charge in [0.2, 0.25) is 11.8 Å². The highest BCUT2D eigenvalue weighted by Gasteiger charge is 2.29. The monoisotopic (exact) mass is 520 g/mol. The van der Waals surface area contributed by atoms with E-state index >= 15 is 0 Å². The van der Waals surface area contributed by atoms with Crippen molar-refractivity contribution in [3.8, 4) is 0 Å². The van der Waals surface area contributed by atoms with Crippen LogP contribution in [-0.2, 0) is 9.59 Å². The zero-order valence-corrected chi connectivity index (χ0v) is 21.0. The largest absolute Gasteiger partial charge is 0.397 e. The molecule has 3 amide bonds. The zero-order chi connectivity index (χ0) is 26.5. The third-order valence-electron chi connectivity index (χ3n) is 5.92. The molecule has 0 aliphatic rings. The first-order chi connectivity index (χ1) is 18.5. The lowest BCUT2D eigenvalue weighted by molar-refractivity contribution is -0.125. The van der Waals surface area contributed by atoms with Crippen molar-refractivity contribution >= 4 is 61.9 Å². The van der Waals surface area contributed by atoms with E-state index in [9.17, 15) is 14.4 Å². The minimum Gasteiger partial charge on any atom is -0.397 e. The van der Waals surface area contributed by atoms with Crippen molar-refractivity contribution in [1.82, 2.24) is 0 Å². The molecule has 0 fully saturated rings. The van der Waals surface area contributed by atoms with Gasteiger partial charge in [0.25, 0.3) is 5.91 Å². The van der Waals surface area contributed by atoms with Gasteiger partial charge in [-0.25, -0.2) is 0 Å². The summed E-state index contributed by atoms with van der Waals surface area (Å²) in [6, 6.07) is 32.1. The number of thiophene rings is 1. The molecule has 0 atom stereocenters. The molecule has 0 radical (unpaired) electrons. The Kier molecular flexibility index (Phi) is 7.15. The van der Waals surface area contributed by atoms with Gasteiger partial charge in [0, 0.05) is 16.1 Å². The summed E-state index contributed by atoms with van der Waals surface area (Å²) in [6.45, 7) is 0. The van der Waals surface area contributed by atoms with Crippen LogP contribution in [0.3, 0.4) is 0 Å². The normalized spacial score (nSPS) is 10.8. The Morgan fingerprint density at radius 1 is 0.658 bits per heavy atom. The molecular weight excluding hydrogens is 496 g/mol. The molecule has 0 saturated heterocycles. The molecule has 4 aromatic carbocycles. The molecule has 1 heterocycles. The minimum atomic E-state index is -1.12. The highest BCUT2D eigenvalue weighted by Crippen LogP contribution is 2.31. The Labute approximate surface area is 223 Å². The van der Waals surface area contributed by atoms with Crippen molar-refractivity contribution in [2.45, 2.75) is 5.92 Å². The van der Waals surface area contributed by atoms with E-state index < -0.39 is 17.7 Å². The summed E-state index contributed by atoms with van der Waals surface area (Å²) in [7, 11) is 0. The number of carbonyl (C=O) groups excluding carboxylic acids is 3. The molecule has 5 aromatic rings. The number of nitrogen functional groups attached to an aromatic ring is 1. The second-order valence-corrected chi connectivity index (χ2v) is 9.68. The molecule has 1 aromatic heterocycles. The van der Waals surface area contributed by atoms with Crippen LogP contribution in [0.5, 0.6) is 0 Å². The molecule has 0 bridgehead atoms. The van der Waals surface area contributed by atoms with Crippen molar-refractivity contribution in [2.24, 2.45) is 0 Å². The molecule has 0 aliphatic heterocycles. The summed E-state index contributed by atoms with van der Waals surface area (Å²) < 4.78 is 0.777. The second kappa shape index (κ2) is 11.0. The van der Waals surface area contributed by atoms with E-state index in [0.29, 0.717) is 33.2 Å². The van der Waals surface area contributed by atoms with Gasteiger partial charge in [-0.2, -0.15) is 0 Å². The highest BCUT2D eigenvalue weighted by molar-refractivity contribution is 7.20. The van der Waals surface area contributed by atoms with Crippen molar-refractivity contribution in [3.05, 3.63) is 120 Å². The predicted molar refractivity (Wildman–Crippen MR) is 154 cm³/mol. The third kappa shape index (κ3) is 5.55. The van der Waals surface area contributed by atoms with Crippen LogP contribution in [-0.4, -0.2) is 17.7 Å². The maximum atomic E-state index is 13.4. The molecule has 8 heteroatoms. The number of hydrogen-bond donors (Lipinski definition) is 4. The van der Waals surface area contributed by atoms with Gasteiger partial charge < -0.3 is 21.7 Å². The summed E-state index contributed by atoms with van der Waals surface area (Å²) in [4.78, 5) is 40.1. The first-order valence-corrected chi connectivity index (χ1v) is 12.7. The summed E-state index contributed by atoms with van der Waals surface area (Å²) in [5, 5.41) is 9.34. The summed E-state index contributed by atoms with van der Waals surface area (Å²) in [5.74, 6) is -2.33. The summed E-state index contributed by atoms with van der Waals surface area (Å²) in [5.41, 5.74) is 8.65. The molecule has 5 N–H and O–H groups in total. The molecule has 5 rings (SSSR count). The lowest BCUT2D eigenvalue weighted by atomic mass is 9.96. The van der Waals surface area contributed by atoms with Crippen LogP contribution < -0.4 is 21.7 Å². The van der Waals surface area contributed by atoms with Gasteiger partial charge in [0.15, 0.2) is 0 Å². The smallest absolute Gasteiger partial charge is 0.265 e. The van der Waals surface area contributed by atoms with Crippen LogP contribution in [0.2, 0.25) is 0 Å². The average molecular weight is 521 g/mol. The van der Waals surface area contributed by atoms with Gasteiger partial charge in [-0.05, 0) is 59.5 Å². The molecule has 7 nitrogen and oxygen atoms in total. The van der Waals surface area contributed by atoms with Gasteiger partial charge in [0.1, 0.15) is 5.92 Å². The number of fused-ring (bicyclic) bond motifs is 1. The number of hydrogen-bond acceptors (Lipinski definition) is 5. The van der Waals surface area contributed by atoms with Crippen LogP contribution in [0.4, 0.5) is 22.7 Å².